The van der Waals surface area contributed by atoms with Crippen molar-refractivity contribution in [2.75, 3.05) is 18.8 Å². The molecule has 0 N–H and O–H groups in total. The number of likely N-dealkylation sites (tertiary alicyclic amines) is 1. The number of nitrogens with zero attached hydrogens (tertiary/aromatic N) is 3. The third kappa shape index (κ3) is 2.95. The predicted molar refractivity (Wildman–Crippen MR) is 88.7 cm³/mol. The minimum Gasteiger partial charge on any atom is -0.479 e. The van der Waals surface area contributed by atoms with Crippen molar-refractivity contribution < 1.29 is 9.53 Å². The average molecular weight is 329 g/mol. The van der Waals surface area contributed by atoms with Crippen LogP contribution in [-0.4, -0.2) is 45.5 Å². The number of ether oxygens (including phenoxy) is 1. The highest BCUT2D eigenvalue weighted by atomic mass is 32.2. The average Bonchev–Trinajstić information content (AvgIpc) is 3.15. The molecule has 120 valence electrons. The minimum absolute atomic E-state index is 0.101. The Kier molecular flexibility index (Phi) is 3.99. The third-order valence-corrected chi connectivity index (χ3v) is 5.51. The highest BCUT2D eigenvalue weighted by Gasteiger charge is 2.33. The van der Waals surface area contributed by atoms with E-state index in [2.05, 4.69) is 5.10 Å². The van der Waals surface area contributed by atoms with E-state index in [1.165, 1.54) is 0 Å². The first-order valence-corrected chi connectivity index (χ1v) is 8.96. The second-order valence-electron chi connectivity index (χ2n) is 5.93. The molecule has 0 aliphatic carbocycles. The number of carbonyl (C=O) groups excluding carboxylic acids is 1. The molecule has 0 spiro atoms. The van der Waals surface area contributed by atoms with E-state index in [4.69, 9.17) is 4.74 Å². The van der Waals surface area contributed by atoms with Gasteiger partial charge >= 0.3 is 0 Å². The van der Waals surface area contributed by atoms with Crippen LogP contribution >= 0.6 is 11.8 Å². The van der Waals surface area contributed by atoms with Crippen molar-refractivity contribution in [2.24, 2.45) is 0 Å². The Hall–Kier alpha value is -1.95. The first-order chi connectivity index (χ1) is 11.3. The van der Waals surface area contributed by atoms with Crippen LogP contribution in [0.15, 0.2) is 47.6 Å². The summed E-state index contributed by atoms with van der Waals surface area (Å²) in [5, 5.41) is 4.32. The van der Waals surface area contributed by atoms with Crippen LogP contribution < -0.4 is 4.74 Å². The summed E-state index contributed by atoms with van der Waals surface area (Å²) in [5.41, 5.74) is 0. The lowest BCUT2D eigenvalue weighted by atomic mass is 10.1. The number of carbonyl (C=O) groups is 1. The van der Waals surface area contributed by atoms with E-state index in [0.29, 0.717) is 12.3 Å². The molecule has 2 atom stereocenters. The Balaban J connectivity index is 1.45. The molecule has 2 aliphatic heterocycles. The number of fused-ring (bicyclic) bond motifs is 1. The summed E-state index contributed by atoms with van der Waals surface area (Å²) >= 11 is 1.70. The van der Waals surface area contributed by atoms with Crippen molar-refractivity contribution in [3.63, 3.8) is 0 Å². The van der Waals surface area contributed by atoms with E-state index in [9.17, 15) is 4.79 Å². The predicted octanol–water partition coefficient (Wildman–Crippen LogP) is 2.60. The van der Waals surface area contributed by atoms with E-state index >= 15 is 0 Å². The van der Waals surface area contributed by atoms with Gasteiger partial charge in [-0.2, -0.15) is 5.10 Å². The standard InChI is InChI=1S/C17H19N3O2S/c21-17(15-12-23-16-7-2-1-6-14(16)22-15)19-9-3-5-13(11-19)20-10-4-8-18-20/h1-2,4,6-8,10,13,15H,3,5,9,11-12H2/t13-,15-/m0/s1. The van der Waals surface area contributed by atoms with Crippen LogP contribution in [0.3, 0.4) is 0 Å². The maximum Gasteiger partial charge on any atom is 0.264 e. The van der Waals surface area contributed by atoms with Gasteiger partial charge in [-0.15, -0.1) is 11.8 Å². The molecule has 2 aromatic rings. The number of aromatic nitrogens is 2. The zero-order chi connectivity index (χ0) is 15.6. The molecule has 23 heavy (non-hydrogen) atoms. The Morgan fingerprint density at radius 3 is 3.09 bits per heavy atom. The Labute approximate surface area is 139 Å². The second-order valence-corrected chi connectivity index (χ2v) is 6.99. The molecule has 1 aromatic carbocycles. The summed E-state index contributed by atoms with van der Waals surface area (Å²) < 4.78 is 7.90. The Bertz CT molecular complexity index is 689. The quantitative estimate of drug-likeness (QED) is 0.850. The maximum absolute atomic E-state index is 12.8. The number of thioether (sulfide) groups is 1. The van der Waals surface area contributed by atoms with Gasteiger partial charge in [0.25, 0.3) is 5.91 Å². The molecule has 0 radical (unpaired) electrons. The van der Waals surface area contributed by atoms with Gasteiger partial charge in [0, 0.05) is 36.1 Å². The summed E-state index contributed by atoms with van der Waals surface area (Å²) in [5.74, 6) is 1.60. The Morgan fingerprint density at radius 2 is 2.22 bits per heavy atom. The number of para-hydroxylation sites is 1. The molecule has 0 unspecified atom stereocenters. The van der Waals surface area contributed by atoms with Gasteiger partial charge in [0.15, 0.2) is 6.10 Å². The normalized spacial score (nSPS) is 23.9. The van der Waals surface area contributed by atoms with Gasteiger partial charge in [0.2, 0.25) is 0 Å². The number of hydrogen-bond donors (Lipinski definition) is 0. The summed E-state index contributed by atoms with van der Waals surface area (Å²) in [6.45, 7) is 1.52. The zero-order valence-corrected chi connectivity index (χ0v) is 13.6. The largest absolute Gasteiger partial charge is 0.479 e. The lowest BCUT2D eigenvalue weighted by Gasteiger charge is -2.36. The fourth-order valence-electron chi connectivity index (χ4n) is 3.21. The van der Waals surface area contributed by atoms with Crippen LogP contribution in [0.4, 0.5) is 0 Å². The van der Waals surface area contributed by atoms with Crippen molar-refractivity contribution in [3.05, 3.63) is 42.7 Å². The molecule has 0 bridgehead atoms. The minimum atomic E-state index is -0.383. The van der Waals surface area contributed by atoms with Crippen LogP contribution in [0, 0.1) is 0 Å². The van der Waals surface area contributed by atoms with Gasteiger partial charge in [-0.05, 0) is 31.0 Å². The number of hydrogen-bond acceptors (Lipinski definition) is 4. The lowest BCUT2D eigenvalue weighted by Crippen LogP contribution is -2.48. The Morgan fingerprint density at radius 1 is 1.30 bits per heavy atom. The zero-order valence-electron chi connectivity index (χ0n) is 12.8. The monoisotopic (exact) mass is 329 g/mol. The summed E-state index contributed by atoms with van der Waals surface area (Å²) in [7, 11) is 0. The van der Waals surface area contributed by atoms with Gasteiger partial charge in [-0.25, -0.2) is 0 Å². The molecule has 4 rings (SSSR count). The fourth-order valence-corrected chi connectivity index (χ4v) is 4.19. The molecule has 5 nitrogen and oxygen atoms in total. The molecule has 1 fully saturated rings. The van der Waals surface area contributed by atoms with Gasteiger partial charge in [0.05, 0.1) is 6.04 Å². The summed E-state index contributed by atoms with van der Waals surface area (Å²) in [6.07, 6.45) is 5.45. The number of rotatable bonds is 2. The smallest absolute Gasteiger partial charge is 0.264 e. The lowest BCUT2D eigenvalue weighted by molar-refractivity contribution is -0.139. The molecule has 1 saturated heterocycles. The first kappa shape index (κ1) is 14.6. The van der Waals surface area contributed by atoms with Gasteiger partial charge in [-0.3, -0.25) is 9.48 Å². The molecule has 6 heteroatoms. The molecule has 3 heterocycles. The van der Waals surface area contributed by atoms with E-state index in [-0.39, 0.29) is 18.1 Å². The van der Waals surface area contributed by atoms with Crippen LogP contribution in [-0.2, 0) is 4.79 Å². The van der Waals surface area contributed by atoms with Crippen molar-refractivity contribution in [3.8, 4) is 5.75 Å². The molecule has 0 saturated carbocycles. The van der Waals surface area contributed by atoms with Crippen LogP contribution in [0.25, 0.3) is 0 Å². The topological polar surface area (TPSA) is 47.4 Å². The van der Waals surface area contributed by atoms with Crippen LogP contribution in [0.2, 0.25) is 0 Å². The number of amides is 1. The SMILES string of the molecule is O=C([C@@H]1CSc2ccccc2O1)N1CCC[C@H](n2cccn2)C1. The van der Waals surface area contributed by atoms with Crippen molar-refractivity contribution >= 4 is 17.7 Å². The molecular formula is C17H19N3O2S. The van der Waals surface area contributed by atoms with Gasteiger partial charge in [-0.1, -0.05) is 12.1 Å². The first-order valence-electron chi connectivity index (χ1n) is 7.97. The number of piperidine rings is 1. The van der Waals surface area contributed by atoms with Crippen molar-refractivity contribution in [1.82, 2.24) is 14.7 Å². The van der Waals surface area contributed by atoms with E-state index in [1.807, 2.05) is 46.1 Å². The molecule has 1 aromatic heterocycles. The molecule has 1 amide bonds. The molecular weight excluding hydrogens is 310 g/mol. The fraction of sp³-hybridized carbons (Fsp3) is 0.412. The van der Waals surface area contributed by atoms with Crippen LogP contribution in [0.1, 0.15) is 18.9 Å². The number of benzene rings is 1. The van der Waals surface area contributed by atoms with E-state index in [1.54, 1.807) is 18.0 Å². The van der Waals surface area contributed by atoms with Crippen LogP contribution in [0.5, 0.6) is 5.75 Å². The van der Waals surface area contributed by atoms with Gasteiger partial charge < -0.3 is 9.64 Å². The van der Waals surface area contributed by atoms with Crippen molar-refractivity contribution in [1.29, 1.82) is 0 Å². The van der Waals surface area contributed by atoms with E-state index < -0.39 is 0 Å². The third-order valence-electron chi connectivity index (χ3n) is 4.39. The summed E-state index contributed by atoms with van der Waals surface area (Å²) in [4.78, 5) is 15.9. The second kappa shape index (κ2) is 6.28. The highest BCUT2D eigenvalue weighted by molar-refractivity contribution is 7.99. The van der Waals surface area contributed by atoms with Gasteiger partial charge in [0.1, 0.15) is 5.75 Å². The highest BCUT2D eigenvalue weighted by Crippen LogP contribution is 2.35. The summed E-state index contributed by atoms with van der Waals surface area (Å²) in [6, 6.07) is 10.1. The van der Waals surface area contributed by atoms with Crippen molar-refractivity contribution in [2.45, 2.75) is 29.9 Å². The molecule has 2 aliphatic rings. The van der Waals surface area contributed by atoms with E-state index in [0.717, 1.165) is 30.0 Å². The maximum atomic E-state index is 12.8.